The second-order valence-electron chi connectivity index (χ2n) is 6.09. The van der Waals surface area contributed by atoms with Crippen molar-refractivity contribution in [2.75, 3.05) is 13.7 Å². The Balaban J connectivity index is 1.51. The molecular formula is C21H19NO6. The first-order valence-electron chi connectivity index (χ1n) is 8.59. The Morgan fingerprint density at radius 1 is 1.00 bits per heavy atom. The summed E-state index contributed by atoms with van der Waals surface area (Å²) in [6, 6.07) is 13.9. The average Bonchev–Trinajstić information content (AvgIpc) is 3.07. The fraction of sp³-hybridized carbons (Fsp3) is 0.190. The molecule has 0 fully saturated rings. The van der Waals surface area contributed by atoms with Crippen molar-refractivity contribution in [3.05, 3.63) is 71.0 Å². The van der Waals surface area contributed by atoms with Crippen molar-refractivity contribution < 1.29 is 28.3 Å². The summed E-state index contributed by atoms with van der Waals surface area (Å²) in [7, 11) is 1.31. The molecule has 0 spiro atoms. The molecule has 0 aliphatic rings. The lowest BCUT2D eigenvalue weighted by Crippen LogP contribution is -2.28. The monoisotopic (exact) mass is 381 g/mol. The molecule has 0 saturated carbocycles. The molecule has 1 amide bonds. The van der Waals surface area contributed by atoms with Crippen molar-refractivity contribution >= 4 is 28.8 Å². The molecule has 28 heavy (non-hydrogen) atoms. The minimum absolute atomic E-state index is 0.0902. The fourth-order valence-corrected chi connectivity index (χ4v) is 2.69. The van der Waals surface area contributed by atoms with Crippen molar-refractivity contribution in [2.45, 2.75) is 13.5 Å². The topological polar surface area (TPSA) is 94.8 Å². The molecule has 7 nitrogen and oxygen atoms in total. The van der Waals surface area contributed by atoms with E-state index in [2.05, 4.69) is 10.1 Å². The van der Waals surface area contributed by atoms with Crippen LogP contribution in [0.3, 0.4) is 0 Å². The van der Waals surface area contributed by atoms with E-state index in [4.69, 9.17) is 9.15 Å². The van der Waals surface area contributed by atoms with E-state index in [0.29, 0.717) is 16.7 Å². The maximum absolute atomic E-state index is 12.2. The van der Waals surface area contributed by atoms with Gasteiger partial charge in [-0.3, -0.25) is 4.79 Å². The molecule has 144 valence electrons. The van der Waals surface area contributed by atoms with Crippen LogP contribution in [0, 0.1) is 6.92 Å². The fourth-order valence-electron chi connectivity index (χ4n) is 2.69. The Bertz CT molecular complexity index is 1020. The summed E-state index contributed by atoms with van der Waals surface area (Å²) in [5, 5.41) is 3.47. The molecular weight excluding hydrogens is 362 g/mol. The summed E-state index contributed by atoms with van der Waals surface area (Å²) < 4.78 is 15.2. The summed E-state index contributed by atoms with van der Waals surface area (Å²) in [5.41, 5.74) is 2.48. The lowest BCUT2D eigenvalue weighted by Gasteiger charge is -2.07. The third-order valence-corrected chi connectivity index (χ3v) is 4.23. The van der Waals surface area contributed by atoms with E-state index in [9.17, 15) is 14.4 Å². The summed E-state index contributed by atoms with van der Waals surface area (Å²) in [5.74, 6) is -1.47. The third-order valence-electron chi connectivity index (χ3n) is 4.23. The maximum Gasteiger partial charge on any atom is 0.375 e. The predicted molar refractivity (Wildman–Crippen MR) is 101 cm³/mol. The normalized spacial score (nSPS) is 10.5. The number of amides is 1. The molecule has 7 heteroatoms. The standard InChI is InChI=1S/C21H19NO6/c1-13-16-5-3-4-6-17(16)28-19(13)21(25)27-12-18(23)22-11-14-7-9-15(10-8-14)20(24)26-2/h3-10H,11-12H2,1-2H3,(H,22,23). The number of furan rings is 1. The highest BCUT2D eigenvalue weighted by Crippen LogP contribution is 2.25. The third kappa shape index (κ3) is 4.20. The summed E-state index contributed by atoms with van der Waals surface area (Å²) in [6.45, 7) is 1.58. The summed E-state index contributed by atoms with van der Waals surface area (Å²) in [4.78, 5) is 35.5. The van der Waals surface area contributed by atoms with Crippen LogP contribution in [0.5, 0.6) is 0 Å². The Hall–Kier alpha value is -3.61. The van der Waals surface area contributed by atoms with Gasteiger partial charge in [-0.2, -0.15) is 0 Å². The van der Waals surface area contributed by atoms with Crippen LogP contribution in [0.2, 0.25) is 0 Å². The van der Waals surface area contributed by atoms with Gasteiger partial charge in [0, 0.05) is 17.5 Å². The van der Waals surface area contributed by atoms with Crippen LogP contribution < -0.4 is 5.32 Å². The zero-order valence-corrected chi connectivity index (χ0v) is 15.5. The predicted octanol–water partition coefficient (Wildman–Crippen LogP) is 3.00. The minimum Gasteiger partial charge on any atom is -0.465 e. The largest absolute Gasteiger partial charge is 0.465 e. The molecule has 0 unspecified atom stereocenters. The Morgan fingerprint density at radius 2 is 1.71 bits per heavy atom. The van der Waals surface area contributed by atoms with Crippen molar-refractivity contribution in [3.63, 3.8) is 0 Å². The van der Waals surface area contributed by atoms with Gasteiger partial charge >= 0.3 is 11.9 Å². The first-order chi connectivity index (χ1) is 13.5. The highest BCUT2D eigenvalue weighted by Gasteiger charge is 2.19. The van der Waals surface area contributed by atoms with E-state index in [1.807, 2.05) is 18.2 Å². The number of carbonyl (C=O) groups excluding carboxylic acids is 3. The van der Waals surface area contributed by atoms with Crippen LogP contribution in [-0.2, 0) is 20.8 Å². The molecule has 2 aromatic carbocycles. The van der Waals surface area contributed by atoms with Gasteiger partial charge in [0.1, 0.15) is 5.58 Å². The van der Waals surface area contributed by atoms with Crippen molar-refractivity contribution in [1.82, 2.24) is 5.32 Å². The van der Waals surface area contributed by atoms with Crippen LogP contribution in [-0.4, -0.2) is 31.6 Å². The van der Waals surface area contributed by atoms with Gasteiger partial charge in [0.05, 0.1) is 12.7 Å². The van der Waals surface area contributed by atoms with Gasteiger partial charge in [0.2, 0.25) is 5.76 Å². The van der Waals surface area contributed by atoms with Crippen molar-refractivity contribution in [1.29, 1.82) is 0 Å². The number of benzene rings is 2. The molecule has 0 aliphatic carbocycles. The molecule has 1 aromatic heterocycles. The minimum atomic E-state index is -0.689. The highest BCUT2D eigenvalue weighted by atomic mass is 16.5. The van der Waals surface area contributed by atoms with Gasteiger partial charge in [0.15, 0.2) is 6.61 Å². The van der Waals surface area contributed by atoms with Crippen LogP contribution in [0.1, 0.15) is 32.0 Å². The molecule has 0 atom stereocenters. The van der Waals surface area contributed by atoms with Gasteiger partial charge in [-0.05, 0) is 30.7 Å². The number of aryl methyl sites for hydroxylation is 1. The molecule has 1 N–H and O–H groups in total. The van der Waals surface area contributed by atoms with Gasteiger partial charge in [-0.15, -0.1) is 0 Å². The molecule has 3 aromatic rings. The van der Waals surface area contributed by atoms with Crippen LogP contribution in [0.4, 0.5) is 0 Å². The molecule has 0 aliphatic heterocycles. The van der Waals surface area contributed by atoms with E-state index in [-0.39, 0.29) is 12.3 Å². The highest BCUT2D eigenvalue weighted by molar-refractivity contribution is 5.96. The van der Waals surface area contributed by atoms with Crippen LogP contribution in [0.15, 0.2) is 52.9 Å². The first kappa shape index (κ1) is 19.2. The molecule has 1 heterocycles. The van der Waals surface area contributed by atoms with E-state index >= 15 is 0 Å². The zero-order valence-electron chi connectivity index (χ0n) is 15.5. The van der Waals surface area contributed by atoms with Crippen LogP contribution in [0.25, 0.3) is 11.0 Å². The number of carbonyl (C=O) groups is 3. The summed E-state index contributed by atoms with van der Waals surface area (Å²) in [6.07, 6.45) is 0. The number of fused-ring (bicyclic) bond motifs is 1. The summed E-state index contributed by atoms with van der Waals surface area (Å²) >= 11 is 0. The van der Waals surface area contributed by atoms with Crippen LogP contribution >= 0.6 is 0 Å². The maximum atomic E-state index is 12.2. The number of methoxy groups -OCH3 is 1. The number of ether oxygens (including phenoxy) is 2. The smallest absolute Gasteiger partial charge is 0.375 e. The molecule has 0 radical (unpaired) electrons. The molecule has 0 bridgehead atoms. The second kappa shape index (κ2) is 8.39. The Labute approximate surface area is 161 Å². The molecule has 0 saturated heterocycles. The number of esters is 2. The first-order valence-corrected chi connectivity index (χ1v) is 8.59. The Morgan fingerprint density at radius 3 is 2.39 bits per heavy atom. The van der Waals surface area contributed by atoms with Gasteiger partial charge < -0.3 is 19.2 Å². The lowest BCUT2D eigenvalue weighted by molar-refractivity contribution is -0.124. The number of nitrogens with one attached hydrogen (secondary N) is 1. The van der Waals surface area contributed by atoms with E-state index < -0.39 is 24.5 Å². The Kier molecular flexibility index (Phi) is 5.74. The van der Waals surface area contributed by atoms with Gasteiger partial charge in [-0.1, -0.05) is 30.3 Å². The number of hydrogen-bond donors (Lipinski definition) is 1. The molecule has 3 rings (SSSR count). The van der Waals surface area contributed by atoms with Crippen molar-refractivity contribution in [2.24, 2.45) is 0 Å². The van der Waals surface area contributed by atoms with E-state index in [1.54, 1.807) is 37.3 Å². The van der Waals surface area contributed by atoms with Crippen molar-refractivity contribution in [3.8, 4) is 0 Å². The van der Waals surface area contributed by atoms with E-state index in [1.165, 1.54) is 7.11 Å². The van der Waals surface area contributed by atoms with Gasteiger partial charge in [-0.25, -0.2) is 9.59 Å². The number of para-hydroxylation sites is 1. The lowest BCUT2D eigenvalue weighted by atomic mass is 10.1. The number of hydrogen-bond acceptors (Lipinski definition) is 6. The average molecular weight is 381 g/mol. The van der Waals surface area contributed by atoms with E-state index in [0.717, 1.165) is 10.9 Å². The SMILES string of the molecule is COC(=O)c1ccc(CNC(=O)COC(=O)c2oc3ccccc3c2C)cc1. The number of rotatable bonds is 6. The quantitative estimate of drug-likeness (QED) is 0.660. The zero-order chi connectivity index (χ0) is 20.1. The second-order valence-corrected chi connectivity index (χ2v) is 6.09. The van der Waals surface area contributed by atoms with Gasteiger partial charge in [0.25, 0.3) is 5.91 Å².